The molecule has 0 aliphatic carbocycles. The molecule has 5 nitrogen and oxygen atoms in total. The first kappa shape index (κ1) is 17.1. The van der Waals surface area contributed by atoms with E-state index in [4.69, 9.17) is 15.6 Å². The molecule has 0 atom stereocenters. The topological polar surface area (TPSA) is 54.7 Å². The average molecular weight is 338 g/mol. The zero-order chi connectivity index (χ0) is 17.6. The standard InChI is InChI=1S/C20H22N2O3/c1-3-16-5-7-17(8-6-16)21-20(23)22(18-10-12-24-13-11-18)14-19-9-4-15(2)25-19/h1,4-9,18H,10-14H2,2H3,(H,21,23). The summed E-state index contributed by atoms with van der Waals surface area (Å²) in [6.45, 7) is 3.67. The van der Waals surface area contributed by atoms with Crippen LogP contribution in [0.15, 0.2) is 40.8 Å². The van der Waals surface area contributed by atoms with Crippen molar-refractivity contribution in [2.24, 2.45) is 0 Å². The Balaban J connectivity index is 1.74. The number of anilines is 1. The summed E-state index contributed by atoms with van der Waals surface area (Å²) in [5.74, 6) is 4.19. The van der Waals surface area contributed by atoms with Crippen LogP contribution in [-0.4, -0.2) is 30.2 Å². The number of benzene rings is 1. The highest BCUT2D eigenvalue weighted by Crippen LogP contribution is 2.20. The number of carbonyl (C=O) groups is 1. The maximum absolute atomic E-state index is 12.9. The number of carbonyl (C=O) groups excluding carboxylic acids is 1. The van der Waals surface area contributed by atoms with Gasteiger partial charge in [-0.2, -0.15) is 0 Å². The molecule has 130 valence electrons. The number of hydrogen-bond acceptors (Lipinski definition) is 3. The van der Waals surface area contributed by atoms with Crippen molar-refractivity contribution in [3.63, 3.8) is 0 Å². The highest BCUT2D eigenvalue weighted by Gasteiger charge is 2.27. The Labute approximate surface area is 148 Å². The first-order valence-corrected chi connectivity index (χ1v) is 8.43. The minimum absolute atomic E-state index is 0.129. The van der Waals surface area contributed by atoms with Crippen LogP contribution < -0.4 is 5.32 Å². The van der Waals surface area contributed by atoms with Crippen LogP contribution in [0, 0.1) is 19.3 Å². The van der Waals surface area contributed by atoms with E-state index >= 15 is 0 Å². The molecule has 2 aromatic rings. The molecule has 1 aliphatic rings. The SMILES string of the molecule is C#Cc1ccc(NC(=O)N(Cc2ccc(C)o2)C2CCOCC2)cc1. The molecule has 0 saturated carbocycles. The van der Waals surface area contributed by atoms with Crippen LogP contribution >= 0.6 is 0 Å². The predicted octanol–water partition coefficient (Wildman–Crippen LogP) is 3.78. The van der Waals surface area contributed by atoms with E-state index in [9.17, 15) is 4.79 Å². The number of rotatable bonds is 4. The highest BCUT2D eigenvalue weighted by atomic mass is 16.5. The Morgan fingerprint density at radius 2 is 1.96 bits per heavy atom. The van der Waals surface area contributed by atoms with Crippen molar-refractivity contribution in [2.75, 3.05) is 18.5 Å². The Morgan fingerprint density at radius 1 is 1.24 bits per heavy atom. The number of nitrogens with one attached hydrogen (secondary N) is 1. The minimum Gasteiger partial charge on any atom is -0.464 e. The van der Waals surface area contributed by atoms with Gasteiger partial charge in [0.25, 0.3) is 0 Å². The summed E-state index contributed by atoms with van der Waals surface area (Å²) in [7, 11) is 0. The van der Waals surface area contributed by atoms with Gasteiger partial charge in [-0.25, -0.2) is 4.79 Å². The molecule has 5 heteroatoms. The summed E-state index contributed by atoms with van der Waals surface area (Å²) in [4.78, 5) is 14.7. The Morgan fingerprint density at radius 3 is 2.56 bits per heavy atom. The van der Waals surface area contributed by atoms with Gasteiger partial charge in [-0.3, -0.25) is 0 Å². The van der Waals surface area contributed by atoms with Gasteiger partial charge in [-0.05, 0) is 56.2 Å². The molecule has 1 saturated heterocycles. The van der Waals surface area contributed by atoms with Gasteiger partial charge in [-0.15, -0.1) is 6.42 Å². The van der Waals surface area contributed by atoms with E-state index in [0.29, 0.717) is 19.8 Å². The fraction of sp³-hybridized carbons (Fsp3) is 0.350. The molecular formula is C20H22N2O3. The number of nitrogens with zero attached hydrogens (tertiary/aromatic N) is 1. The van der Waals surface area contributed by atoms with Gasteiger partial charge >= 0.3 is 6.03 Å². The lowest BCUT2D eigenvalue weighted by Crippen LogP contribution is -2.45. The van der Waals surface area contributed by atoms with Crippen molar-refractivity contribution in [1.29, 1.82) is 0 Å². The molecule has 1 aliphatic heterocycles. The van der Waals surface area contributed by atoms with Crippen LogP contribution in [0.3, 0.4) is 0 Å². The smallest absolute Gasteiger partial charge is 0.322 e. The molecule has 0 bridgehead atoms. The molecule has 0 spiro atoms. The maximum atomic E-state index is 12.9. The summed E-state index contributed by atoms with van der Waals surface area (Å²) in [5, 5.41) is 2.95. The second-order valence-corrected chi connectivity index (χ2v) is 6.14. The van der Waals surface area contributed by atoms with Crippen molar-refractivity contribution in [3.8, 4) is 12.3 Å². The van der Waals surface area contributed by atoms with Crippen LogP contribution in [0.1, 0.15) is 29.9 Å². The lowest BCUT2D eigenvalue weighted by Gasteiger charge is -2.33. The van der Waals surface area contributed by atoms with E-state index in [1.807, 2.05) is 48.2 Å². The van der Waals surface area contributed by atoms with Gasteiger partial charge in [0.15, 0.2) is 0 Å². The van der Waals surface area contributed by atoms with Crippen LogP contribution in [0.5, 0.6) is 0 Å². The Hall–Kier alpha value is -2.71. The van der Waals surface area contributed by atoms with Gasteiger partial charge in [-0.1, -0.05) is 5.92 Å². The fourth-order valence-electron chi connectivity index (χ4n) is 2.95. The van der Waals surface area contributed by atoms with Crippen LogP contribution in [-0.2, 0) is 11.3 Å². The average Bonchev–Trinajstić information content (AvgIpc) is 3.06. The zero-order valence-electron chi connectivity index (χ0n) is 14.3. The molecule has 0 radical (unpaired) electrons. The van der Waals surface area contributed by atoms with E-state index in [-0.39, 0.29) is 12.1 Å². The van der Waals surface area contributed by atoms with Gasteiger partial charge in [0, 0.05) is 30.5 Å². The van der Waals surface area contributed by atoms with Gasteiger partial charge in [0.1, 0.15) is 11.5 Å². The molecule has 2 amide bonds. The zero-order valence-corrected chi connectivity index (χ0v) is 14.3. The monoisotopic (exact) mass is 338 g/mol. The number of aryl methyl sites for hydroxylation is 1. The maximum Gasteiger partial charge on any atom is 0.322 e. The number of hydrogen-bond donors (Lipinski definition) is 1. The predicted molar refractivity (Wildman–Crippen MR) is 96.2 cm³/mol. The minimum atomic E-state index is -0.144. The third-order valence-electron chi connectivity index (χ3n) is 4.32. The summed E-state index contributed by atoms with van der Waals surface area (Å²) >= 11 is 0. The Bertz CT molecular complexity index is 752. The van der Waals surface area contributed by atoms with Crippen molar-refractivity contribution < 1.29 is 13.9 Å². The molecule has 3 rings (SSSR count). The quantitative estimate of drug-likeness (QED) is 0.863. The van der Waals surface area contributed by atoms with Gasteiger partial charge < -0.3 is 19.4 Å². The van der Waals surface area contributed by atoms with E-state index < -0.39 is 0 Å². The fourth-order valence-corrected chi connectivity index (χ4v) is 2.95. The van der Waals surface area contributed by atoms with Gasteiger partial charge in [0.05, 0.1) is 6.54 Å². The van der Waals surface area contributed by atoms with Gasteiger partial charge in [0.2, 0.25) is 0 Å². The highest BCUT2D eigenvalue weighted by molar-refractivity contribution is 5.89. The van der Waals surface area contributed by atoms with Crippen LogP contribution in [0.25, 0.3) is 0 Å². The summed E-state index contributed by atoms with van der Waals surface area (Å²) in [6, 6.07) is 11.1. The second kappa shape index (κ2) is 7.91. The molecule has 0 unspecified atom stereocenters. The molecule has 1 N–H and O–H groups in total. The van der Waals surface area contributed by atoms with Crippen molar-refractivity contribution >= 4 is 11.7 Å². The number of terminal acetylenes is 1. The van der Waals surface area contributed by atoms with E-state index in [2.05, 4.69) is 11.2 Å². The third-order valence-corrected chi connectivity index (χ3v) is 4.32. The number of furan rings is 1. The third kappa shape index (κ3) is 4.43. The van der Waals surface area contributed by atoms with E-state index in [0.717, 1.165) is 35.6 Å². The first-order chi connectivity index (χ1) is 12.2. The first-order valence-electron chi connectivity index (χ1n) is 8.43. The van der Waals surface area contributed by atoms with Crippen molar-refractivity contribution in [3.05, 3.63) is 53.5 Å². The number of urea groups is 1. The van der Waals surface area contributed by atoms with Crippen LogP contribution in [0.4, 0.5) is 10.5 Å². The van der Waals surface area contributed by atoms with E-state index in [1.54, 1.807) is 0 Å². The molecule has 1 fully saturated rings. The molecule has 1 aromatic carbocycles. The lowest BCUT2D eigenvalue weighted by atomic mass is 10.1. The normalized spacial score (nSPS) is 14.7. The van der Waals surface area contributed by atoms with Crippen molar-refractivity contribution in [2.45, 2.75) is 32.4 Å². The Kier molecular flexibility index (Phi) is 5.42. The largest absolute Gasteiger partial charge is 0.464 e. The molecule has 1 aromatic heterocycles. The number of amides is 2. The van der Waals surface area contributed by atoms with Crippen molar-refractivity contribution in [1.82, 2.24) is 4.90 Å². The summed E-state index contributed by atoms with van der Waals surface area (Å²) < 4.78 is 11.1. The lowest BCUT2D eigenvalue weighted by molar-refractivity contribution is 0.0442. The second-order valence-electron chi connectivity index (χ2n) is 6.14. The number of ether oxygens (including phenoxy) is 1. The van der Waals surface area contributed by atoms with E-state index in [1.165, 1.54) is 0 Å². The summed E-state index contributed by atoms with van der Waals surface area (Å²) in [5.41, 5.74) is 1.50. The molecular weight excluding hydrogens is 316 g/mol. The van der Waals surface area contributed by atoms with Crippen LogP contribution in [0.2, 0.25) is 0 Å². The molecule has 2 heterocycles. The summed E-state index contributed by atoms with van der Waals surface area (Å²) in [6.07, 6.45) is 7.01. The molecule has 25 heavy (non-hydrogen) atoms.